The molecule has 0 bridgehead atoms. The molecule has 0 aromatic carbocycles. The van der Waals surface area contributed by atoms with Gasteiger partial charge in [-0.3, -0.25) is 0 Å². The van der Waals surface area contributed by atoms with Gasteiger partial charge in [0.1, 0.15) is 17.2 Å². The highest BCUT2D eigenvalue weighted by Gasteiger charge is 2.24. The molecule has 2 N–H and O–H groups in total. The standard InChI is InChI=1S/C11H18N4S/c1-8-5-9(12)3-4-15(8)10-6-11(16-2)14-7-13-10/h6-9H,3-5,12H2,1-2H3. The van der Waals surface area contributed by atoms with Crippen molar-refractivity contribution in [3.05, 3.63) is 12.4 Å². The van der Waals surface area contributed by atoms with E-state index >= 15 is 0 Å². The van der Waals surface area contributed by atoms with Crippen LogP contribution in [0.4, 0.5) is 5.82 Å². The Morgan fingerprint density at radius 3 is 3.00 bits per heavy atom. The molecule has 1 aromatic rings. The summed E-state index contributed by atoms with van der Waals surface area (Å²) in [7, 11) is 0. The van der Waals surface area contributed by atoms with E-state index in [9.17, 15) is 0 Å². The highest BCUT2D eigenvalue weighted by atomic mass is 32.2. The first-order valence-corrected chi connectivity index (χ1v) is 6.81. The van der Waals surface area contributed by atoms with Gasteiger partial charge >= 0.3 is 0 Å². The Hall–Kier alpha value is -0.810. The van der Waals surface area contributed by atoms with Gasteiger partial charge in [-0.1, -0.05) is 0 Å². The Bertz CT molecular complexity index is 358. The van der Waals surface area contributed by atoms with Crippen LogP contribution in [0.3, 0.4) is 0 Å². The van der Waals surface area contributed by atoms with Crippen molar-refractivity contribution < 1.29 is 0 Å². The fourth-order valence-electron chi connectivity index (χ4n) is 2.15. The van der Waals surface area contributed by atoms with E-state index < -0.39 is 0 Å². The first-order chi connectivity index (χ1) is 7.70. The lowest BCUT2D eigenvalue weighted by Crippen LogP contribution is -2.46. The quantitative estimate of drug-likeness (QED) is 0.625. The SMILES string of the molecule is CSc1cc(N2CCC(N)CC2C)ncn1. The van der Waals surface area contributed by atoms with Crippen LogP contribution in [0.15, 0.2) is 17.4 Å². The first kappa shape index (κ1) is 11.7. The number of anilines is 1. The van der Waals surface area contributed by atoms with Crippen LogP contribution in [0.25, 0.3) is 0 Å². The molecule has 1 saturated heterocycles. The van der Waals surface area contributed by atoms with Gasteiger partial charge in [0, 0.05) is 24.7 Å². The second-order valence-electron chi connectivity index (χ2n) is 4.25. The fourth-order valence-corrected chi connectivity index (χ4v) is 2.52. The molecule has 2 heterocycles. The summed E-state index contributed by atoms with van der Waals surface area (Å²) in [5.74, 6) is 1.03. The molecule has 1 fully saturated rings. The summed E-state index contributed by atoms with van der Waals surface area (Å²) >= 11 is 1.65. The van der Waals surface area contributed by atoms with Crippen molar-refractivity contribution in [2.45, 2.75) is 36.9 Å². The van der Waals surface area contributed by atoms with E-state index in [1.807, 2.05) is 6.26 Å². The summed E-state index contributed by atoms with van der Waals surface area (Å²) in [4.78, 5) is 10.9. The highest BCUT2D eigenvalue weighted by Crippen LogP contribution is 2.24. The summed E-state index contributed by atoms with van der Waals surface area (Å²) < 4.78 is 0. The van der Waals surface area contributed by atoms with Crippen LogP contribution < -0.4 is 10.6 Å². The van der Waals surface area contributed by atoms with Gasteiger partial charge in [-0.2, -0.15) is 0 Å². The maximum absolute atomic E-state index is 5.96. The largest absolute Gasteiger partial charge is 0.354 e. The van der Waals surface area contributed by atoms with Crippen LogP contribution in [0.2, 0.25) is 0 Å². The molecule has 2 atom stereocenters. The van der Waals surface area contributed by atoms with E-state index in [1.54, 1.807) is 18.1 Å². The maximum atomic E-state index is 5.96. The number of nitrogens with zero attached hydrogens (tertiary/aromatic N) is 3. The number of piperidine rings is 1. The smallest absolute Gasteiger partial charge is 0.133 e. The Kier molecular flexibility index (Phi) is 3.66. The molecule has 0 spiro atoms. The molecular weight excluding hydrogens is 220 g/mol. The minimum atomic E-state index is 0.341. The van der Waals surface area contributed by atoms with Gasteiger partial charge in [-0.15, -0.1) is 11.8 Å². The zero-order valence-corrected chi connectivity index (χ0v) is 10.6. The van der Waals surface area contributed by atoms with Crippen LogP contribution in [0.1, 0.15) is 19.8 Å². The molecule has 0 aliphatic carbocycles. The van der Waals surface area contributed by atoms with Crippen molar-refractivity contribution in [1.82, 2.24) is 9.97 Å². The monoisotopic (exact) mass is 238 g/mol. The van der Waals surface area contributed by atoms with E-state index in [1.165, 1.54) is 0 Å². The molecule has 0 amide bonds. The molecule has 5 heteroatoms. The predicted octanol–water partition coefficient (Wildman–Crippen LogP) is 1.51. The van der Waals surface area contributed by atoms with Crippen LogP contribution in [0.5, 0.6) is 0 Å². The predicted molar refractivity (Wildman–Crippen MR) is 67.8 cm³/mol. The number of nitrogens with two attached hydrogens (primary N) is 1. The summed E-state index contributed by atoms with van der Waals surface area (Å²) in [6, 6.07) is 2.86. The molecule has 2 rings (SSSR count). The van der Waals surface area contributed by atoms with Crippen LogP contribution in [0, 0.1) is 0 Å². The Balaban J connectivity index is 2.16. The molecule has 0 radical (unpaired) electrons. The Morgan fingerprint density at radius 2 is 2.31 bits per heavy atom. The third-order valence-electron chi connectivity index (χ3n) is 3.05. The van der Waals surface area contributed by atoms with Crippen molar-refractivity contribution in [3.8, 4) is 0 Å². The fraction of sp³-hybridized carbons (Fsp3) is 0.636. The van der Waals surface area contributed by atoms with E-state index in [-0.39, 0.29) is 0 Å². The molecule has 1 aliphatic heterocycles. The van der Waals surface area contributed by atoms with Gasteiger partial charge in [0.05, 0.1) is 0 Å². The maximum Gasteiger partial charge on any atom is 0.133 e. The minimum absolute atomic E-state index is 0.341. The van der Waals surface area contributed by atoms with Crippen LogP contribution in [-0.2, 0) is 0 Å². The normalized spacial score (nSPS) is 25.8. The average Bonchev–Trinajstić information content (AvgIpc) is 2.29. The van der Waals surface area contributed by atoms with Crippen molar-refractivity contribution >= 4 is 17.6 Å². The molecule has 1 aliphatic rings. The van der Waals surface area contributed by atoms with Crippen molar-refractivity contribution in [2.75, 3.05) is 17.7 Å². The molecular formula is C11H18N4S. The topological polar surface area (TPSA) is 55.0 Å². The molecule has 1 aromatic heterocycles. The van der Waals surface area contributed by atoms with Gasteiger partial charge in [0.25, 0.3) is 0 Å². The van der Waals surface area contributed by atoms with Crippen LogP contribution in [-0.4, -0.2) is 34.9 Å². The lowest BCUT2D eigenvalue weighted by molar-refractivity contribution is 0.427. The van der Waals surface area contributed by atoms with Crippen molar-refractivity contribution in [3.63, 3.8) is 0 Å². The number of aromatic nitrogens is 2. The molecule has 16 heavy (non-hydrogen) atoms. The number of rotatable bonds is 2. The van der Waals surface area contributed by atoms with Gasteiger partial charge in [0.2, 0.25) is 0 Å². The molecule has 4 nitrogen and oxygen atoms in total. The lowest BCUT2D eigenvalue weighted by Gasteiger charge is -2.37. The number of thioether (sulfide) groups is 1. The molecule has 2 unspecified atom stereocenters. The van der Waals surface area contributed by atoms with E-state index in [4.69, 9.17) is 5.73 Å². The number of hydrogen-bond acceptors (Lipinski definition) is 5. The summed E-state index contributed by atoms with van der Waals surface area (Å²) in [5, 5.41) is 1.02. The zero-order valence-electron chi connectivity index (χ0n) is 9.76. The van der Waals surface area contributed by atoms with Gasteiger partial charge in [-0.05, 0) is 26.0 Å². The van der Waals surface area contributed by atoms with Crippen molar-refractivity contribution in [2.24, 2.45) is 5.73 Å². The second-order valence-corrected chi connectivity index (χ2v) is 5.07. The van der Waals surface area contributed by atoms with Crippen LogP contribution >= 0.6 is 11.8 Å². The zero-order chi connectivity index (χ0) is 11.5. The number of hydrogen-bond donors (Lipinski definition) is 1. The summed E-state index contributed by atoms with van der Waals surface area (Å²) in [5.41, 5.74) is 5.96. The van der Waals surface area contributed by atoms with E-state index in [0.29, 0.717) is 12.1 Å². The minimum Gasteiger partial charge on any atom is -0.354 e. The highest BCUT2D eigenvalue weighted by molar-refractivity contribution is 7.98. The molecule has 0 saturated carbocycles. The summed E-state index contributed by atoms with van der Waals surface area (Å²) in [6.45, 7) is 3.20. The third kappa shape index (κ3) is 2.47. The van der Waals surface area contributed by atoms with E-state index in [0.717, 1.165) is 30.2 Å². The average molecular weight is 238 g/mol. The second kappa shape index (κ2) is 5.01. The molecule has 88 valence electrons. The Labute approximate surface area is 101 Å². The third-order valence-corrected chi connectivity index (χ3v) is 3.69. The van der Waals surface area contributed by atoms with E-state index in [2.05, 4.69) is 27.9 Å². The Morgan fingerprint density at radius 1 is 1.50 bits per heavy atom. The lowest BCUT2D eigenvalue weighted by atomic mass is 9.99. The summed E-state index contributed by atoms with van der Waals surface area (Å²) in [6.07, 6.45) is 5.76. The van der Waals surface area contributed by atoms with Gasteiger partial charge in [-0.25, -0.2) is 9.97 Å². The van der Waals surface area contributed by atoms with Crippen molar-refractivity contribution in [1.29, 1.82) is 0 Å². The van der Waals surface area contributed by atoms with Gasteiger partial charge in [0.15, 0.2) is 0 Å². The first-order valence-electron chi connectivity index (χ1n) is 5.59. The van der Waals surface area contributed by atoms with Gasteiger partial charge < -0.3 is 10.6 Å².